The highest BCUT2D eigenvalue weighted by atomic mass is 35.5. The molecule has 0 heterocycles. The maximum Gasteiger partial charge on any atom is 0.244 e. The van der Waals surface area contributed by atoms with Crippen molar-refractivity contribution in [3.8, 4) is 5.75 Å². The summed E-state index contributed by atoms with van der Waals surface area (Å²) in [6.07, 6.45) is 1.06. The Balaban J connectivity index is 2.30. The molecule has 8 heteroatoms. The fourth-order valence-corrected chi connectivity index (χ4v) is 4.31. The number of carbonyl (C=O) groups excluding carboxylic acids is 1. The van der Waals surface area contributed by atoms with Crippen LogP contribution >= 0.6 is 11.6 Å². The van der Waals surface area contributed by atoms with Crippen LogP contribution in [0.5, 0.6) is 5.75 Å². The van der Waals surface area contributed by atoms with Gasteiger partial charge in [0.15, 0.2) is 0 Å². The summed E-state index contributed by atoms with van der Waals surface area (Å²) in [6.45, 7) is 5.18. The molecule has 0 radical (unpaired) electrons. The number of nitrogens with one attached hydrogen (secondary N) is 1. The van der Waals surface area contributed by atoms with E-state index in [1.165, 1.54) is 0 Å². The van der Waals surface area contributed by atoms with Gasteiger partial charge in [-0.3, -0.25) is 9.10 Å². The van der Waals surface area contributed by atoms with Crippen LogP contribution in [0.25, 0.3) is 0 Å². The van der Waals surface area contributed by atoms with E-state index < -0.39 is 22.0 Å². The fraction of sp³-hybridized carbons (Fsp3) is 0.350. The van der Waals surface area contributed by atoms with Crippen molar-refractivity contribution in [1.29, 1.82) is 0 Å². The van der Waals surface area contributed by atoms with Crippen LogP contribution in [0.3, 0.4) is 0 Å². The lowest BCUT2D eigenvalue weighted by Gasteiger charge is -2.29. The molecule has 0 aliphatic carbocycles. The van der Waals surface area contributed by atoms with Crippen LogP contribution in [0.1, 0.15) is 31.0 Å². The number of ether oxygens (including phenoxy) is 1. The summed E-state index contributed by atoms with van der Waals surface area (Å²) in [5, 5.41) is 3.29. The normalized spacial score (nSPS) is 13.5. The predicted octanol–water partition coefficient (Wildman–Crippen LogP) is 3.69. The van der Waals surface area contributed by atoms with Gasteiger partial charge >= 0.3 is 0 Å². The zero-order chi connectivity index (χ0) is 21.1. The molecule has 0 fully saturated rings. The topological polar surface area (TPSA) is 75.7 Å². The van der Waals surface area contributed by atoms with E-state index in [-0.39, 0.29) is 6.04 Å². The fourth-order valence-electron chi connectivity index (χ4n) is 2.96. The maximum atomic E-state index is 12.8. The molecule has 2 atom stereocenters. The highest BCUT2D eigenvalue weighted by Crippen LogP contribution is 2.28. The first-order chi connectivity index (χ1) is 13.1. The van der Waals surface area contributed by atoms with Crippen LogP contribution in [-0.2, 0) is 14.8 Å². The quantitative estimate of drug-likeness (QED) is 0.735. The van der Waals surface area contributed by atoms with Gasteiger partial charge in [0.1, 0.15) is 11.8 Å². The number of para-hydroxylation sites is 1. The first kappa shape index (κ1) is 22.0. The van der Waals surface area contributed by atoms with Gasteiger partial charge < -0.3 is 10.1 Å². The Morgan fingerprint density at radius 3 is 2.39 bits per heavy atom. The molecule has 0 aliphatic rings. The van der Waals surface area contributed by atoms with Crippen LogP contribution in [0.2, 0.25) is 5.02 Å². The Bertz CT molecular complexity index is 962. The van der Waals surface area contributed by atoms with Crippen molar-refractivity contribution in [3.05, 3.63) is 58.6 Å². The van der Waals surface area contributed by atoms with Crippen LogP contribution in [0.15, 0.2) is 42.5 Å². The van der Waals surface area contributed by atoms with E-state index >= 15 is 0 Å². The van der Waals surface area contributed by atoms with Crippen LogP contribution in [0, 0.1) is 6.92 Å². The van der Waals surface area contributed by atoms with Crippen LogP contribution < -0.4 is 14.4 Å². The molecule has 0 aromatic heterocycles. The Labute approximate surface area is 171 Å². The van der Waals surface area contributed by atoms with Crippen LogP contribution in [0.4, 0.5) is 5.69 Å². The van der Waals surface area contributed by atoms with E-state index in [0.717, 1.165) is 21.7 Å². The third kappa shape index (κ3) is 4.97. The zero-order valence-electron chi connectivity index (χ0n) is 16.6. The van der Waals surface area contributed by atoms with Crippen molar-refractivity contribution in [2.45, 2.75) is 32.9 Å². The molecule has 0 saturated heterocycles. The molecule has 2 rings (SSSR count). The molecule has 0 bridgehead atoms. The zero-order valence-corrected chi connectivity index (χ0v) is 18.1. The Kier molecular flexibility index (Phi) is 6.96. The molecule has 0 aliphatic heterocycles. The molecule has 152 valence electrons. The molecule has 1 amide bonds. The molecule has 28 heavy (non-hydrogen) atoms. The highest BCUT2D eigenvalue weighted by molar-refractivity contribution is 7.92. The summed E-state index contributed by atoms with van der Waals surface area (Å²) >= 11 is 6.15. The lowest BCUT2D eigenvalue weighted by molar-refractivity contribution is -0.122. The largest absolute Gasteiger partial charge is 0.496 e. The Morgan fingerprint density at radius 1 is 1.18 bits per heavy atom. The van der Waals surface area contributed by atoms with Crippen molar-refractivity contribution in [3.63, 3.8) is 0 Å². The number of amides is 1. The molecule has 6 nitrogen and oxygen atoms in total. The van der Waals surface area contributed by atoms with E-state index in [1.54, 1.807) is 38.3 Å². The average Bonchev–Trinajstić information content (AvgIpc) is 2.63. The van der Waals surface area contributed by atoms with Crippen molar-refractivity contribution in [2.75, 3.05) is 17.7 Å². The summed E-state index contributed by atoms with van der Waals surface area (Å²) in [7, 11) is -2.16. The number of halogens is 1. The minimum atomic E-state index is -3.72. The number of methoxy groups -OCH3 is 1. The number of sulfonamides is 1. The van der Waals surface area contributed by atoms with Crippen LogP contribution in [-0.4, -0.2) is 33.7 Å². The number of nitrogens with zero attached hydrogens (tertiary/aromatic N) is 1. The van der Waals surface area contributed by atoms with Gasteiger partial charge in [0.05, 0.1) is 25.1 Å². The van der Waals surface area contributed by atoms with Crippen molar-refractivity contribution in [1.82, 2.24) is 5.32 Å². The number of anilines is 1. The average molecular weight is 425 g/mol. The van der Waals surface area contributed by atoms with E-state index in [1.807, 2.05) is 32.0 Å². The molecule has 2 aromatic rings. The molecule has 0 unspecified atom stereocenters. The molecule has 1 N–H and O–H groups in total. The first-order valence-electron chi connectivity index (χ1n) is 8.75. The SMILES string of the molecule is COc1ccccc1[C@H](C)NC(=O)[C@@H](C)N(c1ccc(C)c(Cl)c1)S(C)(=O)=O. The molecule has 0 saturated carbocycles. The summed E-state index contributed by atoms with van der Waals surface area (Å²) in [6, 6.07) is 10.9. The number of hydrogen-bond acceptors (Lipinski definition) is 4. The number of carbonyl (C=O) groups is 1. The monoisotopic (exact) mass is 424 g/mol. The van der Waals surface area contributed by atoms with E-state index in [9.17, 15) is 13.2 Å². The molecule has 2 aromatic carbocycles. The van der Waals surface area contributed by atoms with Gasteiger partial charge in [-0.25, -0.2) is 8.42 Å². The smallest absolute Gasteiger partial charge is 0.244 e. The third-order valence-electron chi connectivity index (χ3n) is 4.46. The van der Waals surface area contributed by atoms with Gasteiger partial charge in [-0.15, -0.1) is 0 Å². The van der Waals surface area contributed by atoms with E-state index in [2.05, 4.69) is 5.32 Å². The highest BCUT2D eigenvalue weighted by Gasteiger charge is 2.30. The maximum absolute atomic E-state index is 12.8. The van der Waals surface area contributed by atoms with Gasteiger partial charge in [-0.05, 0) is 44.5 Å². The number of benzene rings is 2. The van der Waals surface area contributed by atoms with E-state index in [0.29, 0.717) is 16.5 Å². The Morgan fingerprint density at radius 2 is 1.82 bits per heavy atom. The van der Waals surface area contributed by atoms with Crippen molar-refractivity contribution in [2.24, 2.45) is 0 Å². The second kappa shape index (κ2) is 8.84. The van der Waals surface area contributed by atoms with Gasteiger partial charge in [0, 0.05) is 10.6 Å². The summed E-state index contributed by atoms with van der Waals surface area (Å²) < 4.78 is 31.2. The summed E-state index contributed by atoms with van der Waals surface area (Å²) in [5.41, 5.74) is 1.96. The predicted molar refractivity (Wildman–Crippen MR) is 113 cm³/mol. The first-order valence-corrected chi connectivity index (χ1v) is 11.0. The summed E-state index contributed by atoms with van der Waals surface area (Å²) in [4.78, 5) is 12.8. The van der Waals surface area contributed by atoms with Gasteiger partial charge in [0.25, 0.3) is 0 Å². The standard InChI is InChI=1S/C20H25ClN2O4S/c1-13-10-11-16(12-18(13)21)23(28(5,25)26)15(3)20(24)22-14(2)17-8-6-7-9-19(17)27-4/h6-12,14-15H,1-5H3,(H,22,24)/t14-,15+/m0/s1. The second-order valence-corrected chi connectivity index (χ2v) is 8.91. The minimum absolute atomic E-state index is 0.339. The van der Waals surface area contributed by atoms with Gasteiger partial charge in [0.2, 0.25) is 15.9 Å². The lowest BCUT2D eigenvalue weighted by atomic mass is 10.1. The third-order valence-corrected chi connectivity index (χ3v) is 6.11. The van der Waals surface area contributed by atoms with Crippen molar-refractivity contribution < 1.29 is 17.9 Å². The van der Waals surface area contributed by atoms with Gasteiger partial charge in [-0.2, -0.15) is 0 Å². The Hall–Kier alpha value is -2.25. The van der Waals surface area contributed by atoms with E-state index in [4.69, 9.17) is 16.3 Å². The second-order valence-electron chi connectivity index (χ2n) is 6.64. The molecular weight excluding hydrogens is 400 g/mol. The lowest BCUT2D eigenvalue weighted by Crippen LogP contribution is -2.48. The molecule has 0 spiro atoms. The van der Waals surface area contributed by atoms with Gasteiger partial charge in [-0.1, -0.05) is 35.9 Å². The summed E-state index contributed by atoms with van der Waals surface area (Å²) in [5.74, 6) is 0.216. The molecular formula is C20H25ClN2O4S. The van der Waals surface area contributed by atoms with Crippen molar-refractivity contribution >= 4 is 33.2 Å². The number of rotatable bonds is 7. The number of aryl methyl sites for hydroxylation is 1. The minimum Gasteiger partial charge on any atom is -0.496 e. The number of hydrogen-bond donors (Lipinski definition) is 1.